The summed E-state index contributed by atoms with van der Waals surface area (Å²) in [5.74, 6) is 3.51. The fourth-order valence-electron chi connectivity index (χ4n) is 9.24. The maximum atomic E-state index is 13.5. The van der Waals surface area contributed by atoms with Crippen molar-refractivity contribution in [1.29, 1.82) is 0 Å². The molecule has 0 aromatic heterocycles. The van der Waals surface area contributed by atoms with Gasteiger partial charge in [-0.15, -0.1) is 0 Å². The molecule has 3 nitrogen and oxygen atoms in total. The third-order valence-corrected chi connectivity index (χ3v) is 11.4. The topological polar surface area (TPSA) is 32.3 Å². The Hall–Kier alpha value is -1.19. The molecule has 1 heterocycles. The lowest BCUT2D eigenvalue weighted by molar-refractivity contribution is -0.140. The van der Waals surface area contributed by atoms with Crippen LogP contribution in [0.5, 0.6) is 0 Å². The number of allylic oxidation sites excluding steroid dienone is 4. The van der Waals surface area contributed by atoms with E-state index in [0.29, 0.717) is 23.0 Å². The van der Waals surface area contributed by atoms with E-state index >= 15 is 0 Å². The number of likely N-dealkylation sites (N-methyl/N-ethyl adjacent to an activating group) is 1. The Morgan fingerprint density at radius 1 is 1.06 bits per heavy atom. The van der Waals surface area contributed by atoms with E-state index in [9.17, 15) is 4.79 Å². The molecule has 0 spiro atoms. The first-order chi connectivity index (χ1) is 16.2. The molecule has 4 aliphatic carbocycles. The van der Waals surface area contributed by atoms with Gasteiger partial charge in [0.2, 0.25) is 0 Å². The lowest BCUT2D eigenvalue weighted by Gasteiger charge is -2.57. The molecule has 5 aliphatic rings. The van der Waals surface area contributed by atoms with Gasteiger partial charge in [-0.25, -0.2) is 0 Å². The summed E-state index contributed by atoms with van der Waals surface area (Å²) in [6, 6.07) is 0.129. The molecular weight excluding hydrogens is 416 g/mol. The summed E-state index contributed by atoms with van der Waals surface area (Å²) in [6.07, 6.45) is 17.3. The number of hydrogen-bond donors (Lipinski definition) is 1. The van der Waals surface area contributed by atoms with Crippen LogP contribution in [0.25, 0.3) is 0 Å². The lowest BCUT2D eigenvalue weighted by Crippen LogP contribution is -2.55. The van der Waals surface area contributed by atoms with Crippen LogP contribution >= 0.6 is 0 Å². The van der Waals surface area contributed by atoms with Crippen LogP contribution in [0.2, 0.25) is 0 Å². The minimum Gasteiger partial charge on any atom is -0.313 e. The quantitative estimate of drug-likeness (QED) is 0.505. The monoisotopic (exact) mass is 464 g/mol. The average molecular weight is 465 g/mol. The Morgan fingerprint density at radius 3 is 2.53 bits per heavy atom. The molecule has 1 N–H and O–H groups in total. The lowest BCUT2D eigenvalue weighted by atomic mass is 9.47. The second kappa shape index (κ2) is 9.04. The smallest absolute Gasteiger partial charge is 0.153 e. The van der Waals surface area contributed by atoms with Gasteiger partial charge in [0.25, 0.3) is 0 Å². The average Bonchev–Trinajstić information content (AvgIpc) is 3.15. The van der Waals surface area contributed by atoms with Crippen LogP contribution in [0.4, 0.5) is 0 Å². The molecule has 3 saturated carbocycles. The van der Waals surface area contributed by atoms with Gasteiger partial charge in [-0.05, 0) is 119 Å². The second-order valence-corrected chi connectivity index (χ2v) is 13.2. The predicted octanol–water partition coefficient (Wildman–Crippen LogP) is 6.18. The van der Waals surface area contributed by atoms with Gasteiger partial charge in [-0.1, -0.05) is 50.1 Å². The molecular formula is C31H48N2O. The molecule has 8 atom stereocenters. The molecule has 3 fully saturated rings. The van der Waals surface area contributed by atoms with Crippen LogP contribution in [0, 0.1) is 40.4 Å². The Balaban J connectivity index is 1.36. The molecule has 0 amide bonds. The van der Waals surface area contributed by atoms with Crippen molar-refractivity contribution >= 4 is 5.78 Å². The standard InChI is InChI=1S/C31H48N2O/c1-20(7-8-22-15-18-32-19-21(22)2)24-11-12-25-23-9-10-27-29(34)28(33(5)6)14-17-31(27,4)26(23)13-16-30(24,25)3/h7-9,20,24-28,32H,10-19H2,1-6H3/b8-7+/t20-,24-,25+,26+,27+,28+,30-,31-/m1/s1. The number of nitrogens with zero attached hydrogens (tertiary/aromatic N) is 1. The third kappa shape index (κ3) is 3.81. The van der Waals surface area contributed by atoms with Crippen LogP contribution < -0.4 is 5.32 Å². The maximum absolute atomic E-state index is 13.5. The maximum Gasteiger partial charge on any atom is 0.153 e. The molecule has 0 aromatic rings. The first-order valence-corrected chi connectivity index (χ1v) is 14.1. The largest absolute Gasteiger partial charge is 0.313 e. The predicted molar refractivity (Wildman–Crippen MR) is 142 cm³/mol. The number of carbonyl (C=O) groups excluding carboxylic acids is 1. The molecule has 34 heavy (non-hydrogen) atoms. The van der Waals surface area contributed by atoms with Crippen molar-refractivity contribution in [2.75, 3.05) is 27.2 Å². The molecule has 188 valence electrons. The van der Waals surface area contributed by atoms with E-state index in [1.807, 2.05) is 0 Å². The van der Waals surface area contributed by atoms with E-state index in [-0.39, 0.29) is 17.4 Å². The number of rotatable bonds is 4. The van der Waals surface area contributed by atoms with Gasteiger partial charge in [0.05, 0.1) is 6.04 Å². The normalized spacial score (nSPS) is 43.6. The fourth-order valence-corrected chi connectivity index (χ4v) is 9.24. The fraction of sp³-hybridized carbons (Fsp3) is 0.774. The highest BCUT2D eigenvalue weighted by molar-refractivity contribution is 5.88. The zero-order valence-electron chi connectivity index (χ0n) is 22.6. The Bertz CT molecular complexity index is 912. The van der Waals surface area contributed by atoms with Crippen molar-refractivity contribution in [3.05, 3.63) is 34.9 Å². The highest BCUT2D eigenvalue weighted by atomic mass is 16.1. The molecule has 0 radical (unpaired) electrons. The van der Waals surface area contributed by atoms with Gasteiger partial charge >= 0.3 is 0 Å². The Kier molecular flexibility index (Phi) is 6.51. The third-order valence-electron chi connectivity index (χ3n) is 11.4. The van der Waals surface area contributed by atoms with Crippen molar-refractivity contribution in [3.63, 3.8) is 0 Å². The number of hydrogen-bond acceptors (Lipinski definition) is 3. The SMILES string of the molecule is CC1=C(/C=C/[C@@H](C)[C@H]2CC[C@H]3C4=CC[C@H]5C(=O)[C@@H](N(C)C)CC[C@]5(C)[C@H]4CC[C@]23C)CCNC1. The highest BCUT2D eigenvalue weighted by Gasteiger charge is 2.59. The zero-order chi connectivity index (χ0) is 24.3. The summed E-state index contributed by atoms with van der Waals surface area (Å²) in [7, 11) is 4.16. The van der Waals surface area contributed by atoms with Crippen molar-refractivity contribution in [2.45, 2.75) is 85.1 Å². The van der Waals surface area contributed by atoms with Crippen LogP contribution in [0.3, 0.4) is 0 Å². The van der Waals surface area contributed by atoms with Crippen molar-refractivity contribution < 1.29 is 4.79 Å². The summed E-state index contributed by atoms with van der Waals surface area (Å²) in [5, 5.41) is 3.49. The summed E-state index contributed by atoms with van der Waals surface area (Å²) in [6.45, 7) is 12.0. The Morgan fingerprint density at radius 2 is 1.79 bits per heavy atom. The molecule has 3 heteroatoms. The van der Waals surface area contributed by atoms with Crippen LogP contribution in [0.15, 0.2) is 34.9 Å². The number of ketones is 1. The van der Waals surface area contributed by atoms with Gasteiger partial charge in [-0.2, -0.15) is 0 Å². The first kappa shape index (κ1) is 24.5. The summed E-state index contributed by atoms with van der Waals surface area (Å²) in [5.41, 5.74) is 5.43. The van der Waals surface area contributed by atoms with Crippen molar-refractivity contribution in [2.24, 2.45) is 40.4 Å². The highest BCUT2D eigenvalue weighted by Crippen LogP contribution is 2.66. The van der Waals surface area contributed by atoms with E-state index in [1.54, 1.807) is 11.1 Å². The summed E-state index contributed by atoms with van der Waals surface area (Å²) >= 11 is 0. The molecule has 0 saturated heterocycles. The second-order valence-electron chi connectivity index (χ2n) is 13.2. The number of Topliss-reactive ketones (excluding diaryl/α,β-unsaturated/α-hetero) is 1. The number of fused-ring (bicyclic) bond motifs is 5. The first-order valence-electron chi connectivity index (χ1n) is 14.1. The molecule has 0 aromatic carbocycles. The van der Waals surface area contributed by atoms with Gasteiger partial charge in [0, 0.05) is 12.5 Å². The molecule has 5 rings (SSSR count). The van der Waals surface area contributed by atoms with Crippen molar-refractivity contribution in [3.8, 4) is 0 Å². The van der Waals surface area contributed by atoms with E-state index in [1.165, 1.54) is 44.1 Å². The van der Waals surface area contributed by atoms with Gasteiger partial charge in [-0.3, -0.25) is 9.69 Å². The van der Waals surface area contributed by atoms with E-state index in [2.05, 4.69) is 70.2 Å². The van der Waals surface area contributed by atoms with Crippen LogP contribution in [-0.2, 0) is 4.79 Å². The van der Waals surface area contributed by atoms with Gasteiger partial charge < -0.3 is 5.32 Å². The number of carbonyl (C=O) groups is 1. The van der Waals surface area contributed by atoms with Crippen LogP contribution in [-0.4, -0.2) is 43.9 Å². The van der Waals surface area contributed by atoms with Crippen LogP contribution in [0.1, 0.15) is 79.1 Å². The van der Waals surface area contributed by atoms with E-state index in [4.69, 9.17) is 0 Å². The minimum absolute atomic E-state index is 0.129. The van der Waals surface area contributed by atoms with Gasteiger partial charge in [0.15, 0.2) is 5.78 Å². The van der Waals surface area contributed by atoms with Gasteiger partial charge in [0.1, 0.15) is 0 Å². The zero-order valence-corrected chi connectivity index (χ0v) is 22.6. The molecule has 0 bridgehead atoms. The summed E-state index contributed by atoms with van der Waals surface area (Å²) < 4.78 is 0. The number of nitrogens with one attached hydrogen (secondary N) is 1. The minimum atomic E-state index is 0.129. The Labute approximate surface area is 208 Å². The summed E-state index contributed by atoms with van der Waals surface area (Å²) in [4.78, 5) is 15.6. The molecule has 0 unspecified atom stereocenters. The van der Waals surface area contributed by atoms with E-state index in [0.717, 1.165) is 37.8 Å². The van der Waals surface area contributed by atoms with Crippen molar-refractivity contribution in [1.82, 2.24) is 10.2 Å². The van der Waals surface area contributed by atoms with E-state index < -0.39 is 0 Å². The molecule has 1 aliphatic heterocycles.